The molecule has 24 heavy (non-hydrogen) atoms. The number of piperidine rings is 1. The molecule has 1 fully saturated rings. The molecule has 0 amide bonds. The lowest BCUT2D eigenvalue weighted by Gasteiger charge is -2.31. The molecule has 3 nitrogen and oxygen atoms in total. The summed E-state index contributed by atoms with van der Waals surface area (Å²) in [4.78, 5) is 1.45. The van der Waals surface area contributed by atoms with E-state index in [0.29, 0.717) is 23.2 Å². The number of rotatable bonds is 4. The van der Waals surface area contributed by atoms with Crippen LogP contribution in [0.5, 0.6) is 0 Å². The smallest absolute Gasteiger partial charge is 0.207 e. The highest BCUT2D eigenvalue weighted by molar-refractivity contribution is 8.00. The first kappa shape index (κ1) is 17.8. The van der Waals surface area contributed by atoms with Crippen molar-refractivity contribution in [2.45, 2.75) is 34.8 Å². The Balaban J connectivity index is 1.64. The first-order chi connectivity index (χ1) is 11.5. The first-order valence-corrected chi connectivity index (χ1v) is 10.6. The fourth-order valence-corrected chi connectivity index (χ4v) is 5.65. The lowest BCUT2D eigenvalue weighted by atomic mass is 10.2. The zero-order chi connectivity index (χ0) is 17.2. The van der Waals surface area contributed by atoms with Gasteiger partial charge in [-0.2, -0.15) is 4.31 Å². The molecule has 1 aliphatic heterocycles. The topological polar surface area (TPSA) is 37.4 Å². The molecule has 0 spiro atoms. The van der Waals surface area contributed by atoms with Crippen molar-refractivity contribution in [1.29, 1.82) is 0 Å². The van der Waals surface area contributed by atoms with Crippen molar-refractivity contribution in [3.05, 3.63) is 59.1 Å². The lowest BCUT2D eigenvalue weighted by molar-refractivity contribution is 0.352. The summed E-state index contributed by atoms with van der Waals surface area (Å²) < 4.78 is 27.0. The summed E-state index contributed by atoms with van der Waals surface area (Å²) in [6.45, 7) is 3.06. The number of hydrogen-bond acceptors (Lipinski definition) is 3. The Morgan fingerprint density at radius 3 is 2.29 bits per heavy atom. The molecule has 0 bridgehead atoms. The second kappa shape index (κ2) is 7.48. The highest BCUT2D eigenvalue weighted by Gasteiger charge is 2.29. The zero-order valence-electron chi connectivity index (χ0n) is 13.5. The number of sulfonamides is 1. The van der Waals surface area contributed by atoms with Gasteiger partial charge in [-0.1, -0.05) is 41.4 Å². The van der Waals surface area contributed by atoms with Crippen LogP contribution in [-0.2, 0) is 10.0 Å². The van der Waals surface area contributed by atoms with Gasteiger partial charge in [0.2, 0.25) is 10.0 Å². The van der Waals surface area contributed by atoms with Crippen LogP contribution in [0.25, 0.3) is 0 Å². The number of halogens is 1. The molecule has 0 atom stereocenters. The molecule has 1 saturated heterocycles. The Morgan fingerprint density at radius 1 is 1.04 bits per heavy atom. The third-order valence-electron chi connectivity index (χ3n) is 4.19. The molecule has 0 saturated carbocycles. The maximum Gasteiger partial charge on any atom is 0.243 e. The number of benzene rings is 2. The van der Waals surface area contributed by atoms with E-state index in [9.17, 15) is 8.42 Å². The molecule has 0 N–H and O–H groups in total. The van der Waals surface area contributed by atoms with E-state index >= 15 is 0 Å². The molecule has 1 aliphatic rings. The largest absolute Gasteiger partial charge is 0.243 e. The van der Waals surface area contributed by atoms with Crippen molar-refractivity contribution in [3.63, 3.8) is 0 Å². The van der Waals surface area contributed by atoms with Gasteiger partial charge >= 0.3 is 0 Å². The standard InChI is InChI=1S/C18H20ClNO2S2/c1-14-6-8-16(9-7-14)24(21,22)20-12-10-15(11-13-20)23-18-5-3-2-4-17(18)19/h2-9,15H,10-13H2,1H3. The fourth-order valence-electron chi connectivity index (χ4n) is 2.77. The fraction of sp³-hybridized carbons (Fsp3) is 0.333. The van der Waals surface area contributed by atoms with Crippen LogP contribution >= 0.6 is 23.4 Å². The van der Waals surface area contributed by atoms with Gasteiger partial charge < -0.3 is 0 Å². The predicted molar refractivity (Wildman–Crippen MR) is 100 cm³/mol. The first-order valence-electron chi connectivity index (χ1n) is 7.95. The van der Waals surface area contributed by atoms with Gasteiger partial charge in [-0.05, 0) is 44.0 Å². The maximum absolute atomic E-state index is 12.7. The third kappa shape index (κ3) is 3.97. The minimum absolute atomic E-state index is 0.380. The molecule has 0 unspecified atom stereocenters. The molecule has 0 aromatic heterocycles. The number of nitrogens with zero attached hydrogens (tertiary/aromatic N) is 1. The van der Waals surface area contributed by atoms with Crippen molar-refractivity contribution in [2.75, 3.05) is 13.1 Å². The van der Waals surface area contributed by atoms with Crippen LogP contribution in [0.3, 0.4) is 0 Å². The van der Waals surface area contributed by atoms with E-state index in [2.05, 4.69) is 0 Å². The van der Waals surface area contributed by atoms with Crippen LogP contribution in [0.1, 0.15) is 18.4 Å². The molecule has 2 aromatic rings. The van der Waals surface area contributed by atoms with Crippen molar-refractivity contribution in [3.8, 4) is 0 Å². The van der Waals surface area contributed by atoms with Crippen molar-refractivity contribution in [2.24, 2.45) is 0 Å². The van der Waals surface area contributed by atoms with E-state index in [1.807, 2.05) is 43.3 Å². The van der Waals surface area contributed by atoms with Crippen LogP contribution < -0.4 is 0 Å². The highest BCUT2D eigenvalue weighted by Crippen LogP contribution is 2.35. The van der Waals surface area contributed by atoms with Crippen LogP contribution in [-0.4, -0.2) is 31.1 Å². The molecule has 3 rings (SSSR count). The van der Waals surface area contributed by atoms with E-state index in [4.69, 9.17) is 11.6 Å². The van der Waals surface area contributed by atoms with Crippen molar-refractivity contribution >= 4 is 33.4 Å². The Morgan fingerprint density at radius 2 is 1.67 bits per heavy atom. The maximum atomic E-state index is 12.7. The van der Waals surface area contributed by atoms with E-state index in [-0.39, 0.29) is 0 Å². The quantitative estimate of drug-likeness (QED) is 0.777. The van der Waals surface area contributed by atoms with Gasteiger partial charge in [-0.15, -0.1) is 11.8 Å². The molecule has 2 aromatic carbocycles. The van der Waals surface area contributed by atoms with Gasteiger partial charge in [0.05, 0.1) is 9.92 Å². The predicted octanol–water partition coefficient (Wildman–Crippen LogP) is 4.59. The third-order valence-corrected chi connectivity index (χ3v) is 7.96. The lowest BCUT2D eigenvalue weighted by Crippen LogP contribution is -2.39. The molecule has 1 heterocycles. The second-order valence-corrected chi connectivity index (χ2v) is 9.65. The highest BCUT2D eigenvalue weighted by atomic mass is 35.5. The molecule has 6 heteroatoms. The minimum Gasteiger partial charge on any atom is -0.207 e. The number of aryl methyl sites for hydroxylation is 1. The van der Waals surface area contributed by atoms with Crippen LogP contribution in [0.4, 0.5) is 0 Å². The Labute approximate surface area is 153 Å². The van der Waals surface area contributed by atoms with Gasteiger partial charge in [0, 0.05) is 23.2 Å². The average molecular weight is 382 g/mol. The summed E-state index contributed by atoms with van der Waals surface area (Å²) in [6.07, 6.45) is 1.67. The summed E-state index contributed by atoms with van der Waals surface area (Å²) in [7, 11) is -3.39. The summed E-state index contributed by atoms with van der Waals surface area (Å²) >= 11 is 7.96. The molecular formula is C18H20ClNO2S2. The van der Waals surface area contributed by atoms with Crippen LogP contribution in [0, 0.1) is 6.92 Å². The Bertz CT molecular complexity index is 798. The van der Waals surface area contributed by atoms with Crippen LogP contribution in [0.15, 0.2) is 58.3 Å². The Kier molecular flexibility index (Phi) is 5.55. The van der Waals surface area contributed by atoms with Gasteiger partial charge in [0.1, 0.15) is 0 Å². The summed E-state index contributed by atoms with van der Waals surface area (Å²) in [5, 5.41) is 1.16. The SMILES string of the molecule is Cc1ccc(S(=O)(=O)N2CCC(Sc3ccccc3Cl)CC2)cc1. The van der Waals surface area contributed by atoms with Crippen LogP contribution in [0.2, 0.25) is 5.02 Å². The van der Waals surface area contributed by atoms with Crippen molar-refractivity contribution in [1.82, 2.24) is 4.31 Å². The molecule has 128 valence electrons. The average Bonchev–Trinajstić information content (AvgIpc) is 2.58. The second-order valence-electron chi connectivity index (χ2n) is 5.96. The number of thioether (sulfide) groups is 1. The van der Waals surface area contributed by atoms with Gasteiger partial charge in [0.25, 0.3) is 0 Å². The van der Waals surface area contributed by atoms with E-state index in [1.54, 1.807) is 28.2 Å². The summed E-state index contributed by atoms with van der Waals surface area (Å²) in [5.41, 5.74) is 1.06. The van der Waals surface area contributed by atoms with E-state index < -0.39 is 10.0 Å². The Hall–Kier alpha value is -1.01. The monoisotopic (exact) mass is 381 g/mol. The van der Waals surface area contributed by atoms with Crippen molar-refractivity contribution < 1.29 is 8.42 Å². The molecule has 0 aliphatic carbocycles. The van der Waals surface area contributed by atoms with E-state index in [1.165, 1.54) is 0 Å². The summed E-state index contributed by atoms with van der Waals surface area (Å²) in [6, 6.07) is 14.9. The van der Waals surface area contributed by atoms with Gasteiger partial charge in [-0.3, -0.25) is 0 Å². The molecule has 0 radical (unpaired) electrons. The van der Waals surface area contributed by atoms with E-state index in [0.717, 1.165) is 28.3 Å². The van der Waals surface area contributed by atoms with Gasteiger partial charge in [-0.25, -0.2) is 8.42 Å². The minimum atomic E-state index is -3.39. The number of hydrogen-bond donors (Lipinski definition) is 0. The summed E-state index contributed by atoms with van der Waals surface area (Å²) in [5.74, 6) is 0. The zero-order valence-corrected chi connectivity index (χ0v) is 15.9. The molecular weight excluding hydrogens is 362 g/mol. The normalized spacial score (nSPS) is 17.1. The van der Waals surface area contributed by atoms with Gasteiger partial charge in [0.15, 0.2) is 0 Å².